The summed E-state index contributed by atoms with van der Waals surface area (Å²) >= 11 is 0. The second-order valence-electron chi connectivity index (χ2n) is 3.49. The summed E-state index contributed by atoms with van der Waals surface area (Å²) in [5.41, 5.74) is 0. The van der Waals surface area contributed by atoms with Crippen LogP contribution in [0, 0.1) is 5.92 Å². The highest BCUT2D eigenvalue weighted by molar-refractivity contribution is 4.88. The molecule has 0 N–H and O–H groups in total. The molecule has 1 unspecified atom stereocenters. The quantitative estimate of drug-likeness (QED) is 0.622. The van der Waals surface area contributed by atoms with Gasteiger partial charge in [0.15, 0.2) is 5.82 Å². The molecule has 1 aromatic rings. The fraction of sp³-hybridized carbons (Fsp3) is 0.750. The van der Waals surface area contributed by atoms with E-state index in [4.69, 9.17) is 4.74 Å². The third kappa shape index (κ3) is 1.22. The van der Waals surface area contributed by atoms with E-state index >= 15 is 0 Å². The Hall–Kier alpha value is -0.900. The van der Waals surface area contributed by atoms with E-state index in [9.17, 15) is 0 Å². The molecule has 4 heteroatoms. The predicted octanol–water partition coefficient (Wildman–Crippen LogP) is 0.833. The van der Waals surface area contributed by atoms with Crippen molar-refractivity contribution in [3.8, 4) is 0 Å². The minimum Gasteiger partial charge on any atom is -0.368 e. The van der Waals surface area contributed by atoms with E-state index in [1.807, 2.05) is 0 Å². The molecular weight excluding hydrogens is 154 g/mol. The second-order valence-corrected chi connectivity index (χ2v) is 3.49. The van der Waals surface area contributed by atoms with Crippen molar-refractivity contribution in [1.82, 2.24) is 14.8 Å². The first-order valence-electron chi connectivity index (χ1n) is 4.25. The summed E-state index contributed by atoms with van der Waals surface area (Å²) in [5.74, 6) is 1.49. The van der Waals surface area contributed by atoms with Crippen molar-refractivity contribution in [2.24, 2.45) is 5.92 Å². The van der Waals surface area contributed by atoms with Gasteiger partial charge < -0.3 is 9.30 Å². The van der Waals surface area contributed by atoms with Crippen LogP contribution in [0.3, 0.4) is 0 Å². The molecule has 0 bridgehead atoms. The van der Waals surface area contributed by atoms with Crippen LogP contribution in [-0.4, -0.2) is 20.9 Å². The maximum absolute atomic E-state index is 5.60. The van der Waals surface area contributed by atoms with Crippen LogP contribution in [0.4, 0.5) is 0 Å². The molecule has 1 aliphatic heterocycles. The topological polar surface area (TPSA) is 39.9 Å². The second kappa shape index (κ2) is 2.86. The molecule has 0 fully saturated rings. The summed E-state index contributed by atoms with van der Waals surface area (Å²) in [6, 6.07) is 0. The minimum atomic E-state index is 0.313. The zero-order valence-electron chi connectivity index (χ0n) is 7.40. The summed E-state index contributed by atoms with van der Waals surface area (Å²) in [7, 11) is 0. The molecule has 12 heavy (non-hydrogen) atoms. The van der Waals surface area contributed by atoms with Crippen LogP contribution in [0.15, 0.2) is 6.33 Å². The lowest BCUT2D eigenvalue weighted by Crippen LogP contribution is -2.31. The molecule has 2 heterocycles. The molecule has 0 radical (unpaired) electrons. The molecule has 1 atom stereocenters. The van der Waals surface area contributed by atoms with E-state index in [2.05, 4.69) is 28.6 Å². The highest BCUT2D eigenvalue weighted by Gasteiger charge is 2.21. The molecule has 2 rings (SSSR count). The highest BCUT2D eigenvalue weighted by Crippen LogP contribution is 2.16. The van der Waals surface area contributed by atoms with Gasteiger partial charge in [0.05, 0.1) is 12.6 Å². The van der Waals surface area contributed by atoms with Gasteiger partial charge in [0.2, 0.25) is 0 Å². The summed E-state index contributed by atoms with van der Waals surface area (Å²) in [4.78, 5) is 0. The van der Waals surface area contributed by atoms with Gasteiger partial charge in [-0.15, -0.1) is 10.2 Å². The van der Waals surface area contributed by atoms with Crippen LogP contribution in [0.25, 0.3) is 0 Å². The number of ether oxygens (including phenoxy) is 1. The van der Waals surface area contributed by atoms with Gasteiger partial charge in [0.1, 0.15) is 12.9 Å². The molecule has 4 nitrogen and oxygen atoms in total. The van der Waals surface area contributed by atoms with E-state index < -0.39 is 0 Å². The van der Waals surface area contributed by atoms with Gasteiger partial charge in [0, 0.05) is 0 Å². The van der Waals surface area contributed by atoms with Crippen LogP contribution in [0.5, 0.6) is 0 Å². The third-order valence-corrected chi connectivity index (χ3v) is 2.24. The smallest absolute Gasteiger partial charge is 0.158 e. The average molecular weight is 167 g/mol. The van der Waals surface area contributed by atoms with Crippen LogP contribution in [-0.2, 0) is 17.9 Å². The van der Waals surface area contributed by atoms with Gasteiger partial charge in [-0.2, -0.15) is 0 Å². The van der Waals surface area contributed by atoms with Gasteiger partial charge in [-0.1, -0.05) is 13.8 Å². The number of rotatable bonds is 1. The zero-order valence-corrected chi connectivity index (χ0v) is 7.40. The fourth-order valence-corrected chi connectivity index (χ4v) is 1.37. The SMILES string of the molecule is CC(C)C1Cn2cnnc2CO1. The molecule has 0 aliphatic carbocycles. The van der Waals surface area contributed by atoms with Crippen molar-refractivity contribution in [2.45, 2.75) is 33.1 Å². The minimum absolute atomic E-state index is 0.313. The summed E-state index contributed by atoms with van der Waals surface area (Å²) < 4.78 is 7.66. The van der Waals surface area contributed by atoms with E-state index in [1.54, 1.807) is 6.33 Å². The van der Waals surface area contributed by atoms with Gasteiger partial charge in [-0.3, -0.25) is 0 Å². The Kier molecular flexibility index (Phi) is 1.84. The van der Waals surface area contributed by atoms with Crippen molar-refractivity contribution >= 4 is 0 Å². The summed E-state index contributed by atoms with van der Waals surface area (Å²) in [5, 5.41) is 7.77. The monoisotopic (exact) mass is 167 g/mol. The van der Waals surface area contributed by atoms with Crippen LogP contribution in [0.1, 0.15) is 19.7 Å². The molecule has 1 aromatic heterocycles. The van der Waals surface area contributed by atoms with Crippen molar-refractivity contribution in [2.75, 3.05) is 0 Å². The molecule has 0 aromatic carbocycles. The Morgan fingerprint density at radius 2 is 2.50 bits per heavy atom. The Bertz CT molecular complexity index is 269. The van der Waals surface area contributed by atoms with Crippen molar-refractivity contribution < 1.29 is 4.74 Å². The van der Waals surface area contributed by atoms with E-state index in [1.165, 1.54) is 0 Å². The molecule has 1 aliphatic rings. The molecule has 66 valence electrons. The summed E-state index contributed by atoms with van der Waals surface area (Å²) in [6.07, 6.45) is 2.08. The number of fused-ring (bicyclic) bond motifs is 1. The highest BCUT2D eigenvalue weighted by atomic mass is 16.5. The molecule has 0 saturated heterocycles. The lowest BCUT2D eigenvalue weighted by Gasteiger charge is -2.26. The predicted molar refractivity (Wildman–Crippen MR) is 43.4 cm³/mol. The Morgan fingerprint density at radius 1 is 1.67 bits per heavy atom. The first-order chi connectivity index (χ1) is 5.77. The number of aromatic nitrogens is 3. The van der Waals surface area contributed by atoms with Crippen molar-refractivity contribution in [3.05, 3.63) is 12.2 Å². The van der Waals surface area contributed by atoms with Crippen LogP contribution < -0.4 is 0 Å². The normalized spacial score (nSPS) is 22.8. The molecule has 0 amide bonds. The Balaban J connectivity index is 2.15. The lowest BCUT2D eigenvalue weighted by atomic mass is 10.1. The van der Waals surface area contributed by atoms with E-state index in [-0.39, 0.29) is 0 Å². The number of hydrogen-bond donors (Lipinski definition) is 0. The summed E-state index contributed by atoms with van der Waals surface area (Å²) in [6.45, 7) is 5.82. The van der Waals surface area contributed by atoms with E-state index in [0.717, 1.165) is 12.4 Å². The number of hydrogen-bond acceptors (Lipinski definition) is 3. The molecular formula is C8H13N3O. The first kappa shape index (κ1) is 7.73. The fourth-order valence-electron chi connectivity index (χ4n) is 1.37. The maximum atomic E-state index is 5.60. The van der Waals surface area contributed by atoms with Crippen LogP contribution in [0.2, 0.25) is 0 Å². The van der Waals surface area contributed by atoms with Crippen molar-refractivity contribution in [3.63, 3.8) is 0 Å². The number of nitrogens with zero attached hydrogens (tertiary/aromatic N) is 3. The van der Waals surface area contributed by atoms with Gasteiger partial charge in [-0.25, -0.2) is 0 Å². The zero-order chi connectivity index (χ0) is 8.55. The standard InChI is InChI=1S/C8H13N3O/c1-6(2)7-3-11-5-9-10-8(11)4-12-7/h5-7H,3-4H2,1-2H3. The van der Waals surface area contributed by atoms with Crippen LogP contribution >= 0.6 is 0 Å². The Labute approximate surface area is 71.6 Å². The Morgan fingerprint density at radius 3 is 3.25 bits per heavy atom. The van der Waals surface area contributed by atoms with Gasteiger partial charge in [-0.05, 0) is 5.92 Å². The third-order valence-electron chi connectivity index (χ3n) is 2.24. The maximum Gasteiger partial charge on any atom is 0.158 e. The lowest BCUT2D eigenvalue weighted by molar-refractivity contribution is -0.0248. The van der Waals surface area contributed by atoms with Crippen molar-refractivity contribution in [1.29, 1.82) is 0 Å². The van der Waals surface area contributed by atoms with Gasteiger partial charge in [0.25, 0.3) is 0 Å². The van der Waals surface area contributed by atoms with E-state index in [0.29, 0.717) is 18.6 Å². The molecule has 0 spiro atoms. The van der Waals surface area contributed by atoms with Gasteiger partial charge >= 0.3 is 0 Å². The molecule has 0 saturated carbocycles. The average Bonchev–Trinajstić information content (AvgIpc) is 2.49. The largest absolute Gasteiger partial charge is 0.368 e. The first-order valence-corrected chi connectivity index (χ1v) is 4.25.